The highest BCUT2D eigenvalue weighted by molar-refractivity contribution is 5.16. The van der Waals surface area contributed by atoms with Gasteiger partial charge in [-0.15, -0.1) is 0 Å². The number of benzene rings is 1. The average molecular weight is 237 g/mol. The molecule has 0 saturated carbocycles. The van der Waals surface area contributed by atoms with E-state index in [0.717, 1.165) is 38.0 Å². The number of halogens is 1. The molecule has 0 bridgehead atoms. The van der Waals surface area contributed by atoms with Gasteiger partial charge in [-0.1, -0.05) is 12.1 Å². The smallest absolute Gasteiger partial charge is 0.123 e. The Morgan fingerprint density at radius 1 is 1.47 bits per heavy atom. The van der Waals surface area contributed by atoms with Gasteiger partial charge in [0, 0.05) is 12.6 Å². The second-order valence-electron chi connectivity index (χ2n) is 4.74. The molecule has 0 amide bonds. The molecule has 94 valence electrons. The maximum atomic E-state index is 13.0. The topological polar surface area (TPSA) is 21.3 Å². The van der Waals surface area contributed by atoms with E-state index in [-0.39, 0.29) is 5.82 Å². The Morgan fingerprint density at radius 2 is 2.35 bits per heavy atom. The zero-order chi connectivity index (χ0) is 12.1. The summed E-state index contributed by atoms with van der Waals surface area (Å²) in [7, 11) is 0. The zero-order valence-electron chi connectivity index (χ0n) is 10.3. The predicted molar refractivity (Wildman–Crippen MR) is 66.5 cm³/mol. The van der Waals surface area contributed by atoms with Crippen LogP contribution in [0.15, 0.2) is 24.3 Å². The summed E-state index contributed by atoms with van der Waals surface area (Å²) in [6, 6.07) is 7.37. The molecule has 0 aliphatic carbocycles. The van der Waals surface area contributed by atoms with E-state index in [1.165, 1.54) is 6.07 Å². The van der Waals surface area contributed by atoms with Crippen LogP contribution in [-0.4, -0.2) is 25.3 Å². The Bertz CT molecular complexity index is 356. The monoisotopic (exact) mass is 237 g/mol. The summed E-state index contributed by atoms with van der Waals surface area (Å²) in [5, 5.41) is 3.52. The highest BCUT2D eigenvalue weighted by Crippen LogP contribution is 2.13. The van der Waals surface area contributed by atoms with Crippen LogP contribution in [0.5, 0.6) is 0 Å². The summed E-state index contributed by atoms with van der Waals surface area (Å²) < 4.78 is 18.5. The molecular formula is C14H20FNO. The molecule has 2 atom stereocenters. The number of ether oxygens (including phenoxy) is 1. The fraction of sp³-hybridized carbons (Fsp3) is 0.571. The fourth-order valence-corrected chi connectivity index (χ4v) is 2.30. The molecule has 1 aromatic carbocycles. The van der Waals surface area contributed by atoms with Crippen LogP contribution >= 0.6 is 0 Å². The Balaban J connectivity index is 1.72. The SMILES string of the molecule is CC1CC(NCCc2cccc(F)c2)CCO1. The van der Waals surface area contributed by atoms with E-state index in [1.807, 2.05) is 6.07 Å². The van der Waals surface area contributed by atoms with Crippen LogP contribution in [0.3, 0.4) is 0 Å². The van der Waals surface area contributed by atoms with E-state index in [1.54, 1.807) is 12.1 Å². The Hall–Kier alpha value is -0.930. The van der Waals surface area contributed by atoms with Crippen LogP contribution < -0.4 is 5.32 Å². The lowest BCUT2D eigenvalue weighted by molar-refractivity contribution is 0.0135. The van der Waals surface area contributed by atoms with Crippen LogP contribution in [0.2, 0.25) is 0 Å². The standard InChI is InChI=1S/C14H20FNO/c1-11-9-14(6-8-17-11)16-7-5-12-3-2-4-13(15)10-12/h2-4,10-11,14,16H,5-9H2,1H3. The van der Waals surface area contributed by atoms with Crippen molar-refractivity contribution >= 4 is 0 Å². The van der Waals surface area contributed by atoms with Crippen molar-refractivity contribution in [3.05, 3.63) is 35.6 Å². The normalized spacial score (nSPS) is 24.8. The Morgan fingerprint density at radius 3 is 3.12 bits per heavy atom. The summed E-state index contributed by atoms with van der Waals surface area (Å²) in [5.41, 5.74) is 1.05. The summed E-state index contributed by atoms with van der Waals surface area (Å²) in [4.78, 5) is 0. The molecule has 1 heterocycles. The van der Waals surface area contributed by atoms with Gasteiger partial charge in [-0.05, 0) is 50.4 Å². The maximum absolute atomic E-state index is 13.0. The lowest BCUT2D eigenvalue weighted by atomic mass is 10.0. The van der Waals surface area contributed by atoms with Gasteiger partial charge in [-0.3, -0.25) is 0 Å². The van der Waals surface area contributed by atoms with E-state index in [0.29, 0.717) is 12.1 Å². The van der Waals surface area contributed by atoms with Crippen molar-refractivity contribution in [1.29, 1.82) is 0 Å². The molecule has 0 aromatic heterocycles. The number of hydrogen-bond acceptors (Lipinski definition) is 2. The van der Waals surface area contributed by atoms with Crippen LogP contribution in [0, 0.1) is 5.82 Å². The highest BCUT2D eigenvalue weighted by Gasteiger charge is 2.18. The molecule has 0 radical (unpaired) electrons. The van der Waals surface area contributed by atoms with Gasteiger partial charge in [0.15, 0.2) is 0 Å². The quantitative estimate of drug-likeness (QED) is 0.869. The highest BCUT2D eigenvalue weighted by atomic mass is 19.1. The van der Waals surface area contributed by atoms with Crippen molar-refractivity contribution in [2.75, 3.05) is 13.2 Å². The van der Waals surface area contributed by atoms with E-state index >= 15 is 0 Å². The first-order valence-corrected chi connectivity index (χ1v) is 6.33. The minimum absolute atomic E-state index is 0.151. The Labute approximate surface area is 102 Å². The first-order chi connectivity index (χ1) is 8.24. The van der Waals surface area contributed by atoms with Crippen molar-refractivity contribution in [1.82, 2.24) is 5.32 Å². The molecule has 0 spiro atoms. The van der Waals surface area contributed by atoms with Gasteiger partial charge in [0.2, 0.25) is 0 Å². The zero-order valence-corrected chi connectivity index (χ0v) is 10.3. The molecule has 17 heavy (non-hydrogen) atoms. The minimum atomic E-state index is -0.151. The van der Waals surface area contributed by atoms with Gasteiger partial charge in [-0.25, -0.2) is 4.39 Å². The lowest BCUT2D eigenvalue weighted by Crippen LogP contribution is -2.38. The van der Waals surface area contributed by atoms with Gasteiger partial charge < -0.3 is 10.1 Å². The minimum Gasteiger partial charge on any atom is -0.378 e. The van der Waals surface area contributed by atoms with Crippen molar-refractivity contribution in [3.63, 3.8) is 0 Å². The molecule has 2 unspecified atom stereocenters. The van der Waals surface area contributed by atoms with Crippen molar-refractivity contribution in [2.45, 2.75) is 38.3 Å². The fourth-order valence-electron chi connectivity index (χ4n) is 2.30. The van der Waals surface area contributed by atoms with E-state index in [4.69, 9.17) is 4.74 Å². The molecule has 1 aromatic rings. The molecule has 1 N–H and O–H groups in total. The second kappa shape index (κ2) is 6.12. The van der Waals surface area contributed by atoms with E-state index in [2.05, 4.69) is 12.2 Å². The van der Waals surface area contributed by atoms with Crippen molar-refractivity contribution < 1.29 is 9.13 Å². The number of rotatable bonds is 4. The summed E-state index contributed by atoms with van der Waals surface area (Å²) >= 11 is 0. The van der Waals surface area contributed by atoms with Gasteiger partial charge in [0.05, 0.1) is 6.10 Å². The predicted octanol–water partition coefficient (Wildman–Crippen LogP) is 2.53. The van der Waals surface area contributed by atoms with Crippen molar-refractivity contribution in [3.8, 4) is 0 Å². The largest absolute Gasteiger partial charge is 0.378 e. The summed E-state index contributed by atoms with van der Waals surface area (Å²) in [5.74, 6) is -0.151. The van der Waals surface area contributed by atoms with Gasteiger partial charge in [0.25, 0.3) is 0 Å². The first-order valence-electron chi connectivity index (χ1n) is 6.33. The molecule has 2 nitrogen and oxygen atoms in total. The number of nitrogens with one attached hydrogen (secondary N) is 1. The van der Waals surface area contributed by atoms with Gasteiger partial charge in [-0.2, -0.15) is 0 Å². The summed E-state index contributed by atoms with van der Waals surface area (Å²) in [6.45, 7) is 3.86. The first kappa shape index (κ1) is 12.5. The molecule has 1 aliphatic heterocycles. The Kier molecular flexibility index (Phi) is 4.51. The third kappa shape index (κ3) is 4.10. The molecule has 2 rings (SSSR count). The second-order valence-corrected chi connectivity index (χ2v) is 4.74. The molecule has 1 saturated heterocycles. The molecular weight excluding hydrogens is 217 g/mol. The van der Waals surface area contributed by atoms with E-state index in [9.17, 15) is 4.39 Å². The van der Waals surface area contributed by atoms with E-state index < -0.39 is 0 Å². The molecule has 1 aliphatic rings. The molecule has 3 heteroatoms. The molecule has 1 fully saturated rings. The van der Waals surface area contributed by atoms with Crippen LogP contribution in [0.1, 0.15) is 25.3 Å². The van der Waals surface area contributed by atoms with Crippen LogP contribution in [0.25, 0.3) is 0 Å². The average Bonchev–Trinajstić information content (AvgIpc) is 2.29. The van der Waals surface area contributed by atoms with Crippen molar-refractivity contribution in [2.24, 2.45) is 0 Å². The third-order valence-corrected chi connectivity index (χ3v) is 3.22. The van der Waals surface area contributed by atoms with Crippen LogP contribution in [-0.2, 0) is 11.2 Å². The van der Waals surface area contributed by atoms with Gasteiger partial charge >= 0.3 is 0 Å². The third-order valence-electron chi connectivity index (χ3n) is 3.22. The summed E-state index contributed by atoms with van der Waals surface area (Å²) in [6.07, 6.45) is 3.38. The van der Waals surface area contributed by atoms with Gasteiger partial charge in [0.1, 0.15) is 5.82 Å². The lowest BCUT2D eigenvalue weighted by Gasteiger charge is -2.28. The number of hydrogen-bond donors (Lipinski definition) is 1. The maximum Gasteiger partial charge on any atom is 0.123 e. The van der Waals surface area contributed by atoms with Crippen LogP contribution in [0.4, 0.5) is 4.39 Å².